The summed E-state index contributed by atoms with van der Waals surface area (Å²) < 4.78 is 0. The van der Waals surface area contributed by atoms with Crippen molar-refractivity contribution in [2.24, 2.45) is 0 Å². The molecule has 0 aromatic rings. The molecule has 0 aliphatic heterocycles. The van der Waals surface area contributed by atoms with Crippen LogP contribution in [0, 0.1) is 0 Å². The Hall–Kier alpha value is -1.37. The van der Waals surface area contributed by atoms with E-state index in [1.54, 1.807) is 0 Å². The molecule has 0 aliphatic rings. The molecule has 1 heteroatoms. The molecule has 0 saturated heterocycles. The number of carbonyl (C=O) groups excluding carboxylic acids is 1. The van der Waals surface area contributed by atoms with Crippen LogP contribution in [0.3, 0.4) is 0 Å². The molecule has 1 nitrogen and oxygen atoms in total. The number of carbonyl (C=O) groups is 1. The molecule has 0 atom stereocenters. The highest BCUT2D eigenvalue weighted by molar-refractivity contribution is 5.78. The lowest BCUT2D eigenvalue weighted by atomic mass is 10.0. The van der Waals surface area contributed by atoms with Crippen molar-refractivity contribution < 1.29 is 4.79 Å². The van der Waals surface area contributed by atoms with Crippen LogP contribution in [-0.4, -0.2) is 5.78 Å². The summed E-state index contributed by atoms with van der Waals surface area (Å²) in [5, 5.41) is 0. The molecule has 0 aromatic carbocycles. The van der Waals surface area contributed by atoms with E-state index < -0.39 is 0 Å². The van der Waals surface area contributed by atoms with Crippen LogP contribution in [-0.2, 0) is 4.79 Å². The SMILES string of the molecule is CCCCCC=CCC=CCCCCCCCC(=O)CCCCCCCC/C=C\C/C=C\CCCCC. The van der Waals surface area contributed by atoms with Gasteiger partial charge in [-0.3, -0.25) is 4.79 Å². The predicted octanol–water partition coefficient (Wildman–Crippen LogP) is 12.6. The fourth-order valence-electron chi connectivity index (χ4n) is 4.57. The molecule has 0 N–H and O–H groups in total. The van der Waals surface area contributed by atoms with Crippen molar-refractivity contribution in [3.63, 3.8) is 0 Å². The summed E-state index contributed by atoms with van der Waals surface area (Å²) in [5.74, 6) is 0.496. The molecule has 0 radical (unpaired) electrons. The number of allylic oxidation sites excluding steroid dienone is 8. The summed E-state index contributed by atoms with van der Waals surface area (Å²) in [6, 6.07) is 0. The lowest BCUT2D eigenvalue weighted by molar-refractivity contribution is -0.119. The number of hydrogen-bond donors (Lipinski definition) is 0. The maximum absolute atomic E-state index is 12.1. The standard InChI is InChI=1S/C36H64O/c1-3-5-7-9-11-13-15-17-19-21-23-25-27-29-31-33-35-36(37)34-32-30-28-26-24-22-20-18-16-14-12-10-8-6-4-2/h11-14,17-20H,3-10,15-16,21-35H2,1-2H3/b13-11-,14-12?,19-17-,20-18?. The van der Waals surface area contributed by atoms with Crippen molar-refractivity contribution in [3.05, 3.63) is 48.6 Å². The number of unbranched alkanes of at least 4 members (excludes halogenated alkanes) is 17. The molecule has 0 amide bonds. The molecular weight excluding hydrogens is 448 g/mol. The molecule has 0 spiro atoms. The van der Waals surface area contributed by atoms with Crippen molar-refractivity contribution in [2.75, 3.05) is 0 Å². The van der Waals surface area contributed by atoms with Crippen molar-refractivity contribution in [1.82, 2.24) is 0 Å². The normalized spacial score (nSPS) is 12.3. The van der Waals surface area contributed by atoms with Crippen molar-refractivity contribution in [1.29, 1.82) is 0 Å². The van der Waals surface area contributed by atoms with Crippen LogP contribution in [0.4, 0.5) is 0 Å². The van der Waals surface area contributed by atoms with Crippen LogP contribution in [0.1, 0.15) is 174 Å². The molecule has 0 bridgehead atoms. The second kappa shape index (κ2) is 32.7. The zero-order chi connectivity index (χ0) is 26.9. The summed E-state index contributed by atoms with van der Waals surface area (Å²) in [6.07, 6.45) is 49.1. The van der Waals surface area contributed by atoms with E-state index in [-0.39, 0.29) is 0 Å². The number of rotatable bonds is 29. The van der Waals surface area contributed by atoms with Crippen LogP contribution in [0.2, 0.25) is 0 Å². The predicted molar refractivity (Wildman–Crippen MR) is 168 cm³/mol. The molecule has 0 aliphatic carbocycles. The molecule has 0 heterocycles. The Bertz CT molecular complexity index is 565. The van der Waals surface area contributed by atoms with Gasteiger partial charge in [-0.1, -0.05) is 133 Å². The van der Waals surface area contributed by atoms with Gasteiger partial charge in [0.15, 0.2) is 0 Å². The third-order valence-electron chi connectivity index (χ3n) is 7.06. The van der Waals surface area contributed by atoms with Crippen LogP contribution in [0.25, 0.3) is 0 Å². The average molecular weight is 513 g/mol. The van der Waals surface area contributed by atoms with Gasteiger partial charge in [-0.05, 0) is 77.0 Å². The first-order valence-corrected chi connectivity index (χ1v) is 16.4. The molecule has 37 heavy (non-hydrogen) atoms. The van der Waals surface area contributed by atoms with E-state index in [1.807, 2.05) is 0 Å². The maximum atomic E-state index is 12.1. The monoisotopic (exact) mass is 512 g/mol. The lowest BCUT2D eigenvalue weighted by Crippen LogP contribution is -1.97. The number of Topliss-reactive ketones (excluding diaryl/α,β-unsaturated/α-hetero) is 1. The molecular formula is C36H64O. The van der Waals surface area contributed by atoms with E-state index in [0.717, 1.165) is 38.5 Å². The first-order chi connectivity index (χ1) is 18.3. The summed E-state index contributed by atoms with van der Waals surface area (Å²) in [7, 11) is 0. The molecule has 0 aromatic heterocycles. The van der Waals surface area contributed by atoms with E-state index in [2.05, 4.69) is 62.5 Å². The largest absolute Gasteiger partial charge is 0.300 e. The Morgan fingerprint density at radius 3 is 1.03 bits per heavy atom. The van der Waals surface area contributed by atoms with Gasteiger partial charge >= 0.3 is 0 Å². The van der Waals surface area contributed by atoms with E-state index in [9.17, 15) is 4.79 Å². The van der Waals surface area contributed by atoms with Crippen molar-refractivity contribution in [3.8, 4) is 0 Å². The van der Waals surface area contributed by atoms with Gasteiger partial charge in [-0.25, -0.2) is 0 Å². The summed E-state index contributed by atoms with van der Waals surface area (Å²) >= 11 is 0. The highest BCUT2D eigenvalue weighted by Crippen LogP contribution is 2.13. The Kier molecular flexibility index (Phi) is 31.4. The molecule has 0 unspecified atom stereocenters. The van der Waals surface area contributed by atoms with Gasteiger partial charge in [0.25, 0.3) is 0 Å². The van der Waals surface area contributed by atoms with Gasteiger partial charge in [0.2, 0.25) is 0 Å². The zero-order valence-corrected chi connectivity index (χ0v) is 25.2. The van der Waals surface area contributed by atoms with Gasteiger partial charge in [-0.15, -0.1) is 0 Å². The van der Waals surface area contributed by atoms with Gasteiger partial charge in [0.05, 0.1) is 0 Å². The fraction of sp³-hybridized carbons (Fsp3) is 0.750. The van der Waals surface area contributed by atoms with Gasteiger partial charge in [0, 0.05) is 12.8 Å². The summed E-state index contributed by atoms with van der Waals surface area (Å²) in [5.41, 5.74) is 0. The molecule has 0 fully saturated rings. The zero-order valence-electron chi connectivity index (χ0n) is 25.2. The van der Waals surface area contributed by atoms with E-state index in [0.29, 0.717) is 5.78 Å². The van der Waals surface area contributed by atoms with Crippen molar-refractivity contribution >= 4 is 5.78 Å². The van der Waals surface area contributed by atoms with E-state index in [1.165, 1.54) is 122 Å². The minimum Gasteiger partial charge on any atom is -0.300 e. The molecule has 0 rings (SSSR count). The topological polar surface area (TPSA) is 17.1 Å². The van der Waals surface area contributed by atoms with Crippen molar-refractivity contribution in [2.45, 2.75) is 174 Å². The van der Waals surface area contributed by atoms with Crippen LogP contribution >= 0.6 is 0 Å². The third kappa shape index (κ3) is 32.6. The second-order valence-corrected chi connectivity index (χ2v) is 10.9. The Balaban J connectivity index is 3.30. The molecule has 214 valence electrons. The van der Waals surface area contributed by atoms with E-state index >= 15 is 0 Å². The number of ketones is 1. The Morgan fingerprint density at radius 2 is 0.676 bits per heavy atom. The Morgan fingerprint density at radius 1 is 0.378 bits per heavy atom. The average Bonchev–Trinajstić information content (AvgIpc) is 2.90. The first-order valence-electron chi connectivity index (χ1n) is 16.4. The second-order valence-electron chi connectivity index (χ2n) is 10.9. The quantitative estimate of drug-likeness (QED) is 0.0719. The highest BCUT2D eigenvalue weighted by atomic mass is 16.1. The first kappa shape index (κ1) is 35.6. The van der Waals surface area contributed by atoms with Crippen LogP contribution in [0.15, 0.2) is 48.6 Å². The van der Waals surface area contributed by atoms with E-state index in [4.69, 9.17) is 0 Å². The van der Waals surface area contributed by atoms with Crippen LogP contribution in [0.5, 0.6) is 0 Å². The molecule has 0 saturated carbocycles. The minimum atomic E-state index is 0.496. The third-order valence-corrected chi connectivity index (χ3v) is 7.06. The lowest BCUT2D eigenvalue weighted by Gasteiger charge is -2.03. The summed E-state index contributed by atoms with van der Waals surface area (Å²) in [6.45, 7) is 4.51. The van der Waals surface area contributed by atoms with Gasteiger partial charge in [0.1, 0.15) is 5.78 Å². The Labute approximate surface area is 233 Å². The van der Waals surface area contributed by atoms with Crippen LogP contribution < -0.4 is 0 Å². The summed E-state index contributed by atoms with van der Waals surface area (Å²) in [4.78, 5) is 12.1. The smallest absolute Gasteiger partial charge is 0.132 e. The maximum Gasteiger partial charge on any atom is 0.132 e. The highest BCUT2D eigenvalue weighted by Gasteiger charge is 2.02. The minimum absolute atomic E-state index is 0.496. The number of hydrogen-bond acceptors (Lipinski definition) is 1. The van der Waals surface area contributed by atoms with Gasteiger partial charge < -0.3 is 0 Å². The van der Waals surface area contributed by atoms with Gasteiger partial charge in [-0.2, -0.15) is 0 Å². The fourth-order valence-corrected chi connectivity index (χ4v) is 4.57.